The van der Waals surface area contributed by atoms with Gasteiger partial charge in [0.05, 0.1) is 5.69 Å². The van der Waals surface area contributed by atoms with E-state index in [0.717, 1.165) is 22.0 Å². The minimum atomic E-state index is -0.0974. The largest absolute Gasteiger partial charge is 0.484 e. The van der Waals surface area contributed by atoms with Crippen LogP contribution >= 0.6 is 0 Å². The van der Waals surface area contributed by atoms with Gasteiger partial charge in [-0.25, -0.2) is 0 Å². The third-order valence-electron chi connectivity index (χ3n) is 4.50. The van der Waals surface area contributed by atoms with Crippen LogP contribution in [0.5, 0.6) is 5.75 Å². The number of anilines is 1. The van der Waals surface area contributed by atoms with Gasteiger partial charge in [-0.15, -0.1) is 10.2 Å². The van der Waals surface area contributed by atoms with Crippen molar-refractivity contribution in [2.75, 3.05) is 18.1 Å². The molecule has 0 saturated heterocycles. The van der Waals surface area contributed by atoms with Crippen LogP contribution in [-0.4, -0.2) is 29.3 Å². The molecule has 0 unspecified atom stereocenters. The molecule has 0 fully saturated rings. The van der Waals surface area contributed by atoms with Crippen molar-refractivity contribution in [3.8, 4) is 17.2 Å². The summed E-state index contributed by atoms with van der Waals surface area (Å²) in [4.78, 5) is 14.6. The van der Waals surface area contributed by atoms with E-state index in [-0.39, 0.29) is 12.5 Å². The monoisotopic (exact) mass is 373 g/mol. The zero-order valence-electron chi connectivity index (χ0n) is 15.4. The topological polar surface area (TPSA) is 68.5 Å². The van der Waals surface area contributed by atoms with E-state index in [4.69, 9.17) is 9.15 Å². The average Bonchev–Trinajstić information content (AvgIpc) is 3.28. The number of hydrogen-bond acceptors (Lipinski definition) is 5. The summed E-state index contributed by atoms with van der Waals surface area (Å²) in [6, 6.07) is 21.2. The summed E-state index contributed by atoms with van der Waals surface area (Å²) in [5.74, 6) is 0.946. The van der Waals surface area contributed by atoms with Gasteiger partial charge in [0.15, 0.2) is 6.61 Å². The number of aromatic nitrogens is 2. The molecule has 0 saturated carbocycles. The summed E-state index contributed by atoms with van der Waals surface area (Å²) in [5, 5.41) is 9.67. The Bertz CT molecular complexity index is 1070. The fourth-order valence-electron chi connectivity index (χ4n) is 3.14. The number of ether oxygens (including phenoxy) is 1. The maximum Gasteiger partial charge on any atom is 0.264 e. The van der Waals surface area contributed by atoms with Crippen molar-refractivity contribution in [1.82, 2.24) is 10.2 Å². The number of likely N-dealkylation sites (N-methyl/N-ethyl adjacent to an activating group) is 1. The van der Waals surface area contributed by atoms with Crippen LogP contribution in [0.4, 0.5) is 5.69 Å². The third kappa shape index (κ3) is 3.57. The highest BCUT2D eigenvalue weighted by Gasteiger charge is 2.17. The first kappa shape index (κ1) is 17.7. The molecule has 1 amide bonds. The third-order valence-corrected chi connectivity index (χ3v) is 4.50. The van der Waals surface area contributed by atoms with Gasteiger partial charge in [0.25, 0.3) is 5.91 Å². The Balaban J connectivity index is 1.47. The molecule has 6 heteroatoms. The summed E-state index contributed by atoms with van der Waals surface area (Å²) >= 11 is 0. The van der Waals surface area contributed by atoms with Crippen LogP contribution in [0.15, 0.2) is 77.5 Å². The molecule has 140 valence electrons. The van der Waals surface area contributed by atoms with Crippen LogP contribution in [0.1, 0.15) is 6.92 Å². The molecule has 0 N–H and O–H groups in total. The fourth-order valence-corrected chi connectivity index (χ4v) is 3.14. The van der Waals surface area contributed by atoms with Gasteiger partial charge in [0.1, 0.15) is 5.75 Å². The molecular weight excluding hydrogens is 354 g/mol. The highest BCUT2D eigenvalue weighted by Crippen LogP contribution is 2.27. The van der Waals surface area contributed by atoms with Crippen molar-refractivity contribution in [3.63, 3.8) is 0 Å². The van der Waals surface area contributed by atoms with Crippen molar-refractivity contribution in [1.29, 1.82) is 0 Å². The molecule has 6 nitrogen and oxygen atoms in total. The molecule has 0 radical (unpaired) electrons. The molecule has 3 aromatic carbocycles. The van der Waals surface area contributed by atoms with E-state index in [0.29, 0.717) is 18.2 Å². The van der Waals surface area contributed by atoms with Crippen molar-refractivity contribution >= 4 is 22.4 Å². The number of carbonyl (C=O) groups is 1. The number of nitrogens with zero attached hydrogens (tertiary/aromatic N) is 3. The number of fused-ring (bicyclic) bond motifs is 1. The molecule has 4 aromatic rings. The lowest BCUT2D eigenvalue weighted by molar-refractivity contribution is -0.120. The quantitative estimate of drug-likeness (QED) is 0.503. The van der Waals surface area contributed by atoms with Gasteiger partial charge in [0, 0.05) is 17.5 Å². The second-order valence-electron chi connectivity index (χ2n) is 6.19. The Hall–Kier alpha value is -3.67. The van der Waals surface area contributed by atoms with Gasteiger partial charge >= 0.3 is 0 Å². The Labute approximate surface area is 162 Å². The molecule has 0 spiro atoms. The van der Waals surface area contributed by atoms with Crippen LogP contribution < -0.4 is 9.64 Å². The van der Waals surface area contributed by atoms with Crippen molar-refractivity contribution < 1.29 is 13.9 Å². The van der Waals surface area contributed by atoms with Crippen molar-refractivity contribution in [3.05, 3.63) is 73.1 Å². The first-order valence-electron chi connectivity index (χ1n) is 9.04. The lowest BCUT2D eigenvalue weighted by atomic mass is 10.1. The van der Waals surface area contributed by atoms with Crippen LogP contribution in [0, 0.1) is 0 Å². The lowest BCUT2D eigenvalue weighted by Crippen LogP contribution is -2.34. The Morgan fingerprint density at radius 1 is 1.04 bits per heavy atom. The second-order valence-corrected chi connectivity index (χ2v) is 6.19. The molecule has 28 heavy (non-hydrogen) atoms. The molecule has 0 atom stereocenters. The molecule has 0 aliphatic rings. The van der Waals surface area contributed by atoms with Gasteiger partial charge < -0.3 is 14.1 Å². The van der Waals surface area contributed by atoms with Crippen molar-refractivity contribution in [2.45, 2.75) is 6.92 Å². The van der Waals surface area contributed by atoms with E-state index in [1.807, 2.05) is 61.5 Å². The van der Waals surface area contributed by atoms with E-state index >= 15 is 0 Å². The first-order chi connectivity index (χ1) is 13.8. The Morgan fingerprint density at radius 2 is 1.82 bits per heavy atom. The van der Waals surface area contributed by atoms with Gasteiger partial charge in [-0.3, -0.25) is 4.79 Å². The maximum absolute atomic E-state index is 12.8. The Morgan fingerprint density at radius 3 is 2.57 bits per heavy atom. The molecule has 0 aliphatic heterocycles. The minimum Gasteiger partial charge on any atom is -0.484 e. The highest BCUT2D eigenvalue weighted by molar-refractivity contribution is 6.04. The van der Waals surface area contributed by atoms with Gasteiger partial charge in [-0.2, -0.15) is 0 Å². The molecule has 0 bridgehead atoms. The van der Waals surface area contributed by atoms with E-state index in [1.165, 1.54) is 6.39 Å². The van der Waals surface area contributed by atoms with E-state index < -0.39 is 0 Å². The summed E-state index contributed by atoms with van der Waals surface area (Å²) in [7, 11) is 0. The SMILES string of the molecule is CCN(C(=O)COc1ccc(-c2nnco2)cc1)c1cccc2ccccc12. The molecule has 1 heterocycles. The lowest BCUT2D eigenvalue weighted by Gasteiger charge is -2.23. The number of rotatable bonds is 6. The zero-order valence-corrected chi connectivity index (χ0v) is 15.4. The zero-order chi connectivity index (χ0) is 19.3. The number of benzene rings is 3. The highest BCUT2D eigenvalue weighted by atomic mass is 16.5. The van der Waals surface area contributed by atoms with Crippen molar-refractivity contribution in [2.24, 2.45) is 0 Å². The average molecular weight is 373 g/mol. The summed E-state index contributed by atoms with van der Waals surface area (Å²) < 4.78 is 10.9. The molecule has 4 rings (SSSR count). The maximum atomic E-state index is 12.8. The van der Waals surface area contributed by atoms with Gasteiger partial charge in [-0.05, 0) is 42.6 Å². The molecule has 1 aromatic heterocycles. The normalized spacial score (nSPS) is 10.8. The fraction of sp³-hybridized carbons (Fsp3) is 0.136. The van der Waals surface area contributed by atoms with Crippen LogP contribution in [-0.2, 0) is 4.79 Å². The van der Waals surface area contributed by atoms with Gasteiger partial charge in [-0.1, -0.05) is 36.4 Å². The van der Waals surface area contributed by atoms with E-state index in [2.05, 4.69) is 10.2 Å². The van der Waals surface area contributed by atoms with Crippen LogP contribution in [0.2, 0.25) is 0 Å². The molecular formula is C22H19N3O3. The van der Waals surface area contributed by atoms with Crippen LogP contribution in [0.25, 0.3) is 22.2 Å². The predicted octanol–water partition coefficient (Wildman–Crippen LogP) is 4.32. The number of hydrogen-bond donors (Lipinski definition) is 0. The Kier molecular flexibility index (Phi) is 5.01. The van der Waals surface area contributed by atoms with E-state index in [1.54, 1.807) is 17.0 Å². The van der Waals surface area contributed by atoms with Crippen LogP contribution in [0.3, 0.4) is 0 Å². The summed E-state index contributed by atoms with van der Waals surface area (Å²) in [5.41, 5.74) is 1.68. The second kappa shape index (κ2) is 7.92. The number of amides is 1. The summed E-state index contributed by atoms with van der Waals surface area (Å²) in [6.45, 7) is 2.47. The van der Waals surface area contributed by atoms with Gasteiger partial charge in [0.2, 0.25) is 12.3 Å². The smallest absolute Gasteiger partial charge is 0.264 e. The predicted molar refractivity (Wildman–Crippen MR) is 107 cm³/mol. The first-order valence-corrected chi connectivity index (χ1v) is 9.04. The summed E-state index contributed by atoms with van der Waals surface area (Å²) in [6.07, 6.45) is 1.28. The van der Waals surface area contributed by atoms with E-state index in [9.17, 15) is 4.79 Å². The minimum absolute atomic E-state index is 0.0447. The standard InChI is InChI=1S/C22H19N3O3/c1-2-25(20-9-5-7-16-6-3-4-8-19(16)20)21(26)14-27-18-12-10-17(11-13-18)22-24-23-15-28-22/h3-13,15H,2,14H2,1H3. The molecule has 0 aliphatic carbocycles. The number of carbonyl (C=O) groups excluding carboxylic acids is 1.